The van der Waals surface area contributed by atoms with Crippen LogP contribution in [0, 0.1) is 0 Å². The molecule has 0 amide bonds. The van der Waals surface area contributed by atoms with E-state index in [-0.39, 0.29) is 15.7 Å². The molecule has 0 spiro atoms. The summed E-state index contributed by atoms with van der Waals surface area (Å²) >= 11 is 0. The molecule has 0 unspecified atom stereocenters. The van der Waals surface area contributed by atoms with Gasteiger partial charge >= 0.3 is 0 Å². The molecular weight excluding hydrogens is 236 g/mol. The maximum atomic E-state index is 9.58. The van der Waals surface area contributed by atoms with Gasteiger partial charge in [0, 0.05) is 10.2 Å². The third-order valence-corrected chi connectivity index (χ3v) is 11.1. The zero-order valence-electron chi connectivity index (χ0n) is 12.3. The Kier molecular flexibility index (Phi) is 18.1. The molecule has 0 fully saturated rings. The Hall–Kier alpha value is 0.354. The van der Waals surface area contributed by atoms with Gasteiger partial charge in [0.15, 0.2) is 8.32 Å². The molecule has 16 heavy (non-hydrogen) atoms. The molecular formula is C12H36O2Si2. The maximum absolute atomic E-state index is 9.58. The first-order valence-electron chi connectivity index (χ1n) is 6.75. The monoisotopic (exact) mass is 272 g/mol. The van der Waals surface area contributed by atoms with Gasteiger partial charge in [0.25, 0.3) is 0 Å². The van der Waals surface area contributed by atoms with E-state index >= 15 is 0 Å². The van der Waals surface area contributed by atoms with E-state index in [0.29, 0.717) is 0 Å². The number of hydrogen-bond acceptors (Lipinski definition) is 1. The average Bonchev–Trinajstić information content (AvgIpc) is 2.31. The molecule has 3 N–H and O–H groups in total. The summed E-state index contributed by atoms with van der Waals surface area (Å²) in [5, 5.41) is 0. The van der Waals surface area contributed by atoms with Gasteiger partial charge in [0.2, 0.25) is 0 Å². The number of hydrogen-bond donors (Lipinski definition) is 1. The molecule has 4 heteroatoms. The minimum atomic E-state index is -1.67. The van der Waals surface area contributed by atoms with Crippen LogP contribution in [0.4, 0.5) is 0 Å². The van der Waals surface area contributed by atoms with E-state index in [0.717, 1.165) is 18.1 Å². The largest absolute Gasteiger partial charge is 0.432 e. The van der Waals surface area contributed by atoms with Gasteiger partial charge in [-0.25, -0.2) is 0 Å². The summed E-state index contributed by atoms with van der Waals surface area (Å²) in [5.74, 6) is 0. The Labute approximate surface area is 107 Å². The van der Waals surface area contributed by atoms with Crippen molar-refractivity contribution in [2.24, 2.45) is 0 Å². The lowest BCUT2D eigenvalue weighted by atomic mass is 10.9. The SMILES string of the molecule is CC[SiH](CC)CC.CC[Si]([18OH])(CC)CC.[18OH2].[HH]. The first-order chi connectivity index (χ1) is 7.03. The molecule has 0 heterocycles. The Balaban J connectivity index is -0.0000000896. The van der Waals surface area contributed by atoms with Crippen molar-refractivity contribution < 1.29 is 11.7 Å². The highest BCUT2D eigenvalue weighted by atomic mass is 28.4. The molecule has 2 nitrogen and oxygen atoms in total. The molecule has 0 aromatic rings. The molecule has 0 rings (SSSR count). The van der Waals surface area contributed by atoms with Crippen LogP contribution >= 0.6 is 0 Å². The topological polar surface area (TPSA) is 51.7 Å². The Morgan fingerprint density at radius 3 is 1.06 bits per heavy atom. The highest BCUT2D eigenvalue weighted by molar-refractivity contribution is 6.72. The van der Waals surface area contributed by atoms with Gasteiger partial charge in [-0.05, 0) is 18.1 Å². The second-order valence-electron chi connectivity index (χ2n) is 4.38. The average molecular weight is 273 g/mol. The zero-order chi connectivity index (χ0) is 12.3. The Morgan fingerprint density at radius 2 is 1.06 bits per heavy atom. The summed E-state index contributed by atoms with van der Waals surface area (Å²) in [5.41, 5.74) is 0. The van der Waals surface area contributed by atoms with Crippen molar-refractivity contribution in [1.29, 1.82) is 0 Å². The zero-order valence-corrected chi connectivity index (χ0v) is 14.4. The van der Waals surface area contributed by atoms with Crippen LogP contribution in [0.15, 0.2) is 0 Å². The second kappa shape index (κ2) is 13.4. The molecule has 0 radical (unpaired) electrons. The van der Waals surface area contributed by atoms with Gasteiger partial charge in [0.1, 0.15) is 0 Å². The summed E-state index contributed by atoms with van der Waals surface area (Å²) < 4.78 is 0. The lowest BCUT2D eigenvalue weighted by Crippen LogP contribution is -2.30. The second-order valence-corrected chi connectivity index (χ2v) is 13.1. The molecule has 0 saturated carbocycles. The summed E-state index contributed by atoms with van der Waals surface area (Å²) in [6, 6.07) is 7.52. The summed E-state index contributed by atoms with van der Waals surface area (Å²) in [7, 11) is -1.84. The normalized spacial score (nSPS) is 10.5. The van der Waals surface area contributed by atoms with Crippen LogP contribution in [0.25, 0.3) is 0 Å². The smallest absolute Gasteiger partial charge is 0.187 e. The fraction of sp³-hybridized carbons (Fsp3) is 1.00. The lowest BCUT2D eigenvalue weighted by Gasteiger charge is -2.18. The highest BCUT2D eigenvalue weighted by Crippen LogP contribution is 2.14. The van der Waals surface area contributed by atoms with E-state index in [1.165, 1.54) is 18.1 Å². The molecule has 104 valence electrons. The summed E-state index contributed by atoms with van der Waals surface area (Å²) in [6.07, 6.45) is 0. The van der Waals surface area contributed by atoms with Crippen molar-refractivity contribution in [2.45, 2.75) is 77.8 Å². The van der Waals surface area contributed by atoms with E-state index in [1.54, 1.807) is 0 Å². The summed E-state index contributed by atoms with van der Waals surface area (Å²) in [4.78, 5) is 9.58. The standard InChI is InChI=1S/C6H16OSi.C6H16Si.H2O.H2/c1-4-8(7,5-2)6-3;1-4-7(5-2)6-3;;/h7H,4-6H2,1-3H3;7H,4-6H2,1-3H3;1H2;1H/i7+2;;1+2;. The minimum Gasteiger partial charge on any atom is -0.432 e. The van der Waals surface area contributed by atoms with Crippen LogP contribution in [0.5, 0.6) is 0 Å². The van der Waals surface area contributed by atoms with Crippen molar-refractivity contribution in [3.63, 3.8) is 0 Å². The Morgan fingerprint density at radius 1 is 0.812 bits per heavy atom. The Bertz CT molecular complexity index is 116. The van der Waals surface area contributed by atoms with E-state index in [2.05, 4.69) is 41.5 Å². The fourth-order valence-corrected chi connectivity index (χ4v) is 4.85. The maximum Gasteiger partial charge on any atom is 0.187 e. The highest BCUT2D eigenvalue weighted by Gasteiger charge is 2.22. The van der Waals surface area contributed by atoms with Crippen molar-refractivity contribution >= 4 is 17.1 Å². The van der Waals surface area contributed by atoms with Crippen LogP contribution in [0.1, 0.15) is 43.0 Å². The van der Waals surface area contributed by atoms with Crippen LogP contribution in [0.2, 0.25) is 36.3 Å². The van der Waals surface area contributed by atoms with Crippen LogP contribution in [-0.2, 0) is 0 Å². The summed E-state index contributed by atoms with van der Waals surface area (Å²) in [6.45, 7) is 13.2. The predicted octanol–water partition coefficient (Wildman–Crippen LogP) is 3.68. The minimum absolute atomic E-state index is 0. The molecule has 0 aromatic carbocycles. The van der Waals surface area contributed by atoms with Crippen LogP contribution in [-0.4, -0.2) is 27.4 Å². The molecule has 0 aliphatic rings. The van der Waals surface area contributed by atoms with Gasteiger partial charge in [-0.3, -0.25) is 0 Å². The molecule has 0 saturated heterocycles. The molecule has 0 aromatic heterocycles. The van der Waals surface area contributed by atoms with E-state index in [9.17, 15) is 4.80 Å². The van der Waals surface area contributed by atoms with Gasteiger partial charge in [0.05, 0.1) is 0 Å². The van der Waals surface area contributed by atoms with E-state index in [1.807, 2.05) is 0 Å². The van der Waals surface area contributed by atoms with E-state index < -0.39 is 8.32 Å². The van der Waals surface area contributed by atoms with Gasteiger partial charge in [-0.2, -0.15) is 0 Å². The molecule has 0 aliphatic heterocycles. The van der Waals surface area contributed by atoms with Crippen LogP contribution in [0.3, 0.4) is 0 Å². The number of rotatable bonds is 6. The first-order valence-corrected chi connectivity index (χ1v) is 11.8. The van der Waals surface area contributed by atoms with Crippen molar-refractivity contribution in [3.8, 4) is 0 Å². The first kappa shape index (κ1) is 21.6. The predicted molar refractivity (Wildman–Crippen MR) is 83.7 cm³/mol. The van der Waals surface area contributed by atoms with Gasteiger partial charge < -0.3 is 10.3 Å². The quantitative estimate of drug-likeness (QED) is 0.582. The van der Waals surface area contributed by atoms with E-state index in [4.69, 9.17) is 0 Å². The fourth-order valence-electron chi connectivity index (χ4n) is 1.62. The van der Waals surface area contributed by atoms with Crippen molar-refractivity contribution in [2.75, 3.05) is 0 Å². The molecule has 0 aliphatic carbocycles. The third kappa shape index (κ3) is 10.9. The van der Waals surface area contributed by atoms with Gasteiger partial charge in [-0.1, -0.05) is 59.7 Å². The third-order valence-electron chi connectivity index (χ3n) is 3.71. The molecule has 0 atom stereocenters. The van der Waals surface area contributed by atoms with Crippen LogP contribution < -0.4 is 0 Å². The van der Waals surface area contributed by atoms with Crippen molar-refractivity contribution in [3.05, 3.63) is 0 Å². The lowest BCUT2D eigenvalue weighted by molar-refractivity contribution is 0.531. The van der Waals surface area contributed by atoms with Crippen molar-refractivity contribution in [1.82, 2.24) is 0 Å². The molecule has 0 bridgehead atoms. The van der Waals surface area contributed by atoms with Gasteiger partial charge in [-0.15, -0.1) is 0 Å².